The third-order valence-corrected chi connectivity index (χ3v) is 6.82. The maximum Gasteiger partial charge on any atom is 0.297 e. The topological polar surface area (TPSA) is 52.5 Å². The molecule has 0 radical (unpaired) electrons. The summed E-state index contributed by atoms with van der Waals surface area (Å²) >= 11 is 0. The summed E-state index contributed by atoms with van der Waals surface area (Å²) < 4.78 is 14.1. The number of aryl methyl sites for hydroxylation is 1. The highest BCUT2D eigenvalue weighted by Gasteiger charge is 2.19. The molecule has 0 bridgehead atoms. The summed E-state index contributed by atoms with van der Waals surface area (Å²) in [7, 11) is 1.80. The highest BCUT2D eigenvalue weighted by atomic mass is 16.5. The van der Waals surface area contributed by atoms with Crippen molar-refractivity contribution < 1.29 is 9.47 Å². The minimum atomic E-state index is -0.192. The number of benzene rings is 1. The van der Waals surface area contributed by atoms with Crippen LogP contribution in [-0.2, 0) is 7.05 Å². The lowest BCUT2D eigenvalue weighted by Gasteiger charge is -2.18. The van der Waals surface area contributed by atoms with Gasteiger partial charge in [0.25, 0.3) is 5.56 Å². The zero-order chi connectivity index (χ0) is 27.9. The highest BCUT2D eigenvalue weighted by molar-refractivity contribution is 5.90. The summed E-state index contributed by atoms with van der Waals surface area (Å²) in [5.74, 6) is 1.56. The van der Waals surface area contributed by atoms with E-state index in [1.165, 1.54) is 43.3 Å². The maximum atomic E-state index is 13.5. The molecule has 0 atom stereocenters. The number of pyridine rings is 1. The lowest BCUT2D eigenvalue weighted by molar-refractivity contribution is 0.321. The molecule has 1 heterocycles. The molecular weight excluding hydrogens is 472 g/mol. The molecule has 1 aromatic heterocycles. The number of hydrogen-bond donors (Lipinski definition) is 1. The number of allylic oxidation sites excluding steroid dienone is 5. The zero-order valence-electron chi connectivity index (χ0n) is 24.9. The van der Waals surface area contributed by atoms with Crippen LogP contribution in [0.5, 0.6) is 11.5 Å². The first kappa shape index (κ1) is 31.3. The van der Waals surface area contributed by atoms with Gasteiger partial charge in [0, 0.05) is 31.1 Å². The van der Waals surface area contributed by atoms with Crippen LogP contribution in [-0.4, -0.2) is 17.7 Å². The molecule has 0 saturated carbocycles. The molecule has 1 N–H and O–H groups in total. The van der Waals surface area contributed by atoms with Gasteiger partial charge < -0.3 is 19.4 Å². The Kier molecular flexibility index (Phi) is 13.8. The van der Waals surface area contributed by atoms with Gasteiger partial charge in [-0.15, -0.1) is 0 Å². The van der Waals surface area contributed by atoms with Crippen molar-refractivity contribution in [2.75, 3.05) is 18.5 Å². The van der Waals surface area contributed by atoms with Crippen LogP contribution in [0.4, 0.5) is 5.69 Å². The Morgan fingerprint density at radius 2 is 1.74 bits per heavy atom. The van der Waals surface area contributed by atoms with E-state index in [1.807, 2.05) is 32.1 Å². The quantitative estimate of drug-likeness (QED) is 0.128. The molecule has 210 valence electrons. The number of unbranched alkanes of at least 4 members (excludes halogenated alkanes) is 5. The molecule has 5 heteroatoms. The van der Waals surface area contributed by atoms with Crippen molar-refractivity contribution in [3.63, 3.8) is 0 Å². The molecule has 0 aliphatic carbocycles. The van der Waals surface area contributed by atoms with E-state index in [2.05, 4.69) is 51.2 Å². The Morgan fingerprint density at radius 1 is 1.00 bits per heavy atom. The molecule has 5 nitrogen and oxygen atoms in total. The van der Waals surface area contributed by atoms with Crippen molar-refractivity contribution in [1.29, 1.82) is 0 Å². The van der Waals surface area contributed by atoms with E-state index >= 15 is 0 Å². The lowest BCUT2D eigenvalue weighted by Crippen LogP contribution is -2.21. The second-order valence-electron chi connectivity index (χ2n) is 10.3. The second-order valence-corrected chi connectivity index (χ2v) is 10.3. The Hall–Kier alpha value is -2.95. The fourth-order valence-electron chi connectivity index (χ4n) is 4.38. The van der Waals surface area contributed by atoms with Crippen molar-refractivity contribution >= 4 is 16.6 Å². The number of aromatic nitrogens is 1. The number of hydrogen-bond acceptors (Lipinski definition) is 4. The van der Waals surface area contributed by atoms with Crippen LogP contribution in [0, 0.1) is 0 Å². The molecule has 1 aromatic carbocycles. The largest absolute Gasteiger partial charge is 0.481 e. The monoisotopic (exact) mass is 522 g/mol. The average molecular weight is 523 g/mol. The van der Waals surface area contributed by atoms with E-state index in [1.54, 1.807) is 11.6 Å². The fourth-order valence-corrected chi connectivity index (χ4v) is 4.38. The fraction of sp³-hybridized carbons (Fsp3) is 0.545. The first-order valence-electron chi connectivity index (χ1n) is 14.5. The van der Waals surface area contributed by atoms with Gasteiger partial charge in [0.15, 0.2) is 5.75 Å². The molecule has 0 unspecified atom stereocenters. The molecule has 0 fully saturated rings. The average Bonchev–Trinajstić information content (AvgIpc) is 2.90. The summed E-state index contributed by atoms with van der Waals surface area (Å²) in [6.45, 7) is 13.8. The van der Waals surface area contributed by atoms with Crippen LogP contribution in [0.25, 0.3) is 10.9 Å². The van der Waals surface area contributed by atoms with Crippen LogP contribution in [0.1, 0.15) is 99.3 Å². The number of ether oxygens (including phenoxy) is 2. The van der Waals surface area contributed by atoms with Crippen LogP contribution >= 0.6 is 0 Å². The Morgan fingerprint density at radius 3 is 2.42 bits per heavy atom. The van der Waals surface area contributed by atoms with Crippen molar-refractivity contribution in [3.05, 3.63) is 63.7 Å². The minimum absolute atomic E-state index is 0.192. The Labute approximate surface area is 230 Å². The number of rotatable bonds is 17. The van der Waals surface area contributed by atoms with E-state index in [-0.39, 0.29) is 11.3 Å². The van der Waals surface area contributed by atoms with Gasteiger partial charge in [-0.3, -0.25) is 4.79 Å². The van der Waals surface area contributed by atoms with E-state index in [4.69, 9.17) is 9.47 Å². The predicted molar refractivity (Wildman–Crippen MR) is 164 cm³/mol. The summed E-state index contributed by atoms with van der Waals surface area (Å²) in [5, 5.41) is 4.40. The minimum Gasteiger partial charge on any atom is -0.481 e. The van der Waals surface area contributed by atoms with Crippen molar-refractivity contribution in [2.24, 2.45) is 7.05 Å². The van der Waals surface area contributed by atoms with Gasteiger partial charge in [-0.2, -0.15) is 0 Å². The Bertz CT molecular complexity index is 1170. The first-order valence-corrected chi connectivity index (χ1v) is 14.5. The normalized spacial score (nSPS) is 12.1. The number of nitrogens with zero attached hydrogens (tertiary/aromatic N) is 1. The van der Waals surface area contributed by atoms with Gasteiger partial charge in [0.05, 0.1) is 11.3 Å². The van der Waals surface area contributed by atoms with Gasteiger partial charge in [-0.1, -0.05) is 63.2 Å². The van der Waals surface area contributed by atoms with E-state index in [0.29, 0.717) is 12.4 Å². The van der Waals surface area contributed by atoms with E-state index in [0.717, 1.165) is 54.6 Å². The molecule has 0 aliphatic heterocycles. The standard InChI is InChI=1S/C33H50N2O3/c1-8-11-12-13-14-15-22-34-27-19-20-29-30(24-27)35(7)33(36)32(31(29)38-28(9-2)10-3)37-23-21-26(6)18-16-17-25(4)5/h9,17,19-21,24,34H,8,10-16,18,22-23H2,1-7H3/b26-21+,28-9?. The molecule has 2 rings (SSSR count). The van der Waals surface area contributed by atoms with Gasteiger partial charge in [-0.25, -0.2) is 0 Å². The van der Waals surface area contributed by atoms with Crippen molar-refractivity contribution in [2.45, 2.75) is 99.3 Å². The molecule has 2 aromatic rings. The Balaban J connectivity index is 2.29. The van der Waals surface area contributed by atoms with Gasteiger partial charge in [0.2, 0.25) is 5.75 Å². The summed E-state index contributed by atoms with van der Waals surface area (Å²) in [6, 6.07) is 6.14. The van der Waals surface area contributed by atoms with Gasteiger partial charge in [0.1, 0.15) is 6.61 Å². The number of anilines is 1. The lowest BCUT2D eigenvalue weighted by atomic mass is 10.1. The maximum absolute atomic E-state index is 13.5. The smallest absolute Gasteiger partial charge is 0.297 e. The summed E-state index contributed by atoms with van der Waals surface area (Å²) in [6.07, 6.45) is 16.5. The van der Waals surface area contributed by atoms with Crippen LogP contribution in [0.3, 0.4) is 0 Å². The van der Waals surface area contributed by atoms with Crippen LogP contribution < -0.4 is 20.3 Å². The summed E-state index contributed by atoms with van der Waals surface area (Å²) in [5.41, 5.74) is 4.21. The SMILES string of the molecule is CC=C(CC)Oc1c(OC/C=C(\C)CCC=C(C)C)c(=O)n(C)c2cc(NCCCCCCCC)ccc12. The number of nitrogens with one attached hydrogen (secondary N) is 1. The van der Waals surface area contributed by atoms with Crippen LogP contribution in [0.15, 0.2) is 58.1 Å². The van der Waals surface area contributed by atoms with E-state index in [9.17, 15) is 4.79 Å². The van der Waals surface area contributed by atoms with Crippen molar-refractivity contribution in [3.8, 4) is 11.5 Å². The molecule has 0 aliphatic rings. The van der Waals surface area contributed by atoms with Gasteiger partial charge in [-0.05, 0) is 77.3 Å². The number of fused-ring (bicyclic) bond motifs is 1. The summed E-state index contributed by atoms with van der Waals surface area (Å²) in [4.78, 5) is 13.5. The van der Waals surface area contributed by atoms with E-state index < -0.39 is 0 Å². The van der Waals surface area contributed by atoms with Crippen molar-refractivity contribution in [1.82, 2.24) is 4.57 Å². The molecule has 0 saturated heterocycles. The molecule has 0 amide bonds. The zero-order valence-corrected chi connectivity index (χ0v) is 24.9. The predicted octanol–water partition coefficient (Wildman–Crippen LogP) is 9.08. The highest BCUT2D eigenvalue weighted by Crippen LogP contribution is 2.35. The molecule has 38 heavy (non-hydrogen) atoms. The van der Waals surface area contributed by atoms with Crippen LogP contribution in [0.2, 0.25) is 0 Å². The molecule has 0 spiro atoms. The first-order chi connectivity index (χ1) is 18.3. The molecular formula is C33H50N2O3. The second kappa shape index (κ2) is 16.8. The third-order valence-electron chi connectivity index (χ3n) is 6.82. The van der Waals surface area contributed by atoms with Gasteiger partial charge >= 0.3 is 0 Å². The third kappa shape index (κ3) is 9.74.